The SMILES string of the molecule is COCC#Cc1ccc2c(c1)CCn1c-2cc(OC[C@@H]2COCCO2)nc1=O.O=c1nc(OC[C@@H]2COCCO2)cc2n1CCc1cc(C#CCO)ccc1-2.O=c1nc(OC[C@@H]2COCCO2)cc2n1CCc1cc(OS(=O)(=O)C(F)(F)F)ccc1-2. The number of alkyl halides is 3. The molecule has 9 heterocycles. The standard InChI is InChI=1S/C21H22N2O5.C20H20N2O5.C18H17F3N2O7S/c1-25-8-2-3-15-4-5-18-16(11-15)6-7-23-19(18)12-20(22-21(23)24)28-14-17-13-26-9-10-27-17;23-7-1-2-14-3-4-17-15(10-14)5-6-22-18(17)11-19(21-20(22)24)27-13-16-12-25-8-9-26-16;19-18(20,21)31(25,26)30-12-1-2-14-11(7-12)3-4-23-15(14)8-16(22-17(23)24)29-10-13-9-27-5-6-28-13/h4-5,11-12,17H,6-10,13-14H2,1H3;3-4,10-11,16,23H,5-9,12-13H2;1-2,7-8,13H,3-6,9-10H2/t17-;16-;13-/m000/s1. The molecule has 454 valence electrons. The van der Waals surface area contributed by atoms with E-state index in [1.807, 2.05) is 36.4 Å². The Morgan fingerprint density at radius 2 is 0.965 bits per heavy atom. The summed E-state index contributed by atoms with van der Waals surface area (Å²) in [7, 11) is -4.15. The maximum absolute atomic E-state index is 12.6. The van der Waals surface area contributed by atoms with Crippen molar-refractivity contribution in [3.05, 3.63) is 132 Å². The van der Waals surface area contributed by atoms with E-state index in [2.05, 4.69) is 48.9 Å². The first-order valence-corrected chi connectivity index (χ1v) is 28.8. The van der Waals surface area contributed by atoms with Crippen LogP contribution in [-0.4, -0.2) is 166 Å². The van der Waals surface area contributed by atoms with Crippen molar-refractivity contribution in [2.75, 3.05) is 99.6 Å². The van der Waals surface area contributed by atoms with Gasteiger partial charge in [0.1, 0.15) is 57.1 Å². The highest BCUT2D eigenvalue weighted by Crippen LogP contribution is 2.36. The van der Waals surface area contributed by atoms with Crippen molar-refractivity contribution in [2.45, 2.75) is 62.7 Å². The number of methoxy groups -OCH3 is 1. The van der Waals surface area contributed by atoms with Crippen LogP contribution in [0.2, 0.25) is 0 Å². The number of fused-ring (bicyclic) bond motifs is 9. The lowest BCUT2D eigenvalue weighted by atomic mass is 9.95. The second-order valence-electron chi connectivity index (χ2n) is 19.9. The first-order valence-electron chi connectivity index (χ1n) is 27.4. The molecule has 23 nitrogen and oxygen atoms in total. The lowest BCUT2D eigenvalue weighted by Gasteiger charge is -2.24. The summed E-state index contributed by atoms with van der Waals surface area (Å²) in [5.41, 5.74) is 2.43. The maximum atomic E-state index is 12.6. The lowest BCUT2D eigenvalue weighted by molar-refractivity contribution is -0.102. The van der Waals surface area contributed by atoms with E-state index in [1.54, 1.807) is 22.3 Å². The van der Waals surface area contributed by atoms with Crippen LogP contribution in [0.1, 0.15) is 27.8 Å². The van der Waals surface area contributed by atoms with Gasteiger partial charge in [0.25, 0.3) is 0 Å². The Kier molecular flexibility index (Phi) is 19.9. The Labute approximate surface area is 490 Å². The number of aliphatic hydroxyl groups excluding tert-OH is 1. The van der Waals surface area contributed by atoms with E-state index in [1.165, 1.54) is 22.8 Å². The molecular formula is C59H59F3N6O17S. The number of aryl methyl sites for hydroxylation is 3. The average Bonchev–Trinajstić information content (AvgIpc) is 2.69. The lowest BCUT2D eigenvalue weighted by Crippen LogP contribution is -2.34. The van der Waals surface area contributed by atoms with Crippen molar-refractivity contribution >= 4 is 10.1 Å². The molecule has 0 spiro atoms. The Balaban J connectivity index is 0.000000143. The molecule has 0 aliphatic carbocycles. The van der Waals surface area contributed by atoms with Gasteiger partial charge in [0.2, 0.25) is 17.6 Å². The van der Waals surface area contributed by atoms with E-state index in [0.29, 0.717) is 115 Å². The quantitative estimate of drug-likeness (QED) is 0.105. The van der Waals surface area contributed by atoms with Crippen LogP contribution in [0.5, 0.6) is 23.4 Å². The molecule has 0 bridgehead atoms. The second kappa shape index (κ2) is 28.0. The van der Waals surface area contributed by atoms with Gasteiger partial charge in [-0.2, -0.15) is 36.5 Å². The smallest absolute Gasteiger partial charge is 0.475 e. The summed E-state index contributed by atoms with van der Waals surface area (Å²) in [5, 5.41) is 8.85. The van der Waals surface area contributed by atoms with Gasteiger partial charge in [-0.3, -0.25) is 13.7 Å². The number of rotatable bonds is 12. The van der Waals surface area contributed by atoms with Crippen LogP contribution in [0.25, 0.3) is 33.8 Å². The number of aliphatic hydroxyl groups is 1. The fourth-order valence-corrected chi connectivity index (χ4v) is 10.4. The zero-order chi connectivity index (χ0) is 60.2. The van der Waals surface area contributed by atoms with Crippen molar-refractivity contribution < 1.29 is 78.2 Å². The van der Waals surface area contributed by atoms with Crippen LogP contribution >= 0.6 is 0 Å². The van der Waals surface area contributed by atoms with Crippen LogP contribution in [0.15, 0.2) is 87.2 Å². The predicted molar refractivity (Wildman–Crippen MR) is 299 cm³/mol. The molecule has 0 radical (unpaired) electrons. The summed E-state index contributed by atoms with van der Waals surface area (Å²) in [4.78, 5) is 49.3. The normalized spacial score (nSPS) is 18.2. The van der Waals surface area contributed by atoms with Crippen molar-refractivity contribution in [1.82, 2.24) is 28.7 Å². The molecule has 3 saturated heterocycles. The van der Waals surface area contributed by atoms with Gasteiger partial charge in [0.15, 0.2) is 0 Å². The van der Waals surface area contributed by atoms with Gasteiger partial charge in [0, 0.05) is 72.8 Å². The van der Waals surface area contributed by atoms with Gasteiger partial charge in [-0.1, -0.05) is 35.8 Å². The summed E-state index contributed by atoms with van der Waals surface area (Å²) in [6, 6.07) is 20.7. The minimum Gasteiger partial charge on any atom is -0.475 e. The van der Waals surface area contributed by atoms with Gasteiger partial charge < -0.3 is 56.7 Å². The molecule has 86 heavy (non-hydrogen) atoms. The van der Waals surface area contributed by atoms with Crippen molar-refractivity contribution in [3.8, 4) is 80.8 Å². The summed E-state index contributed by atoms with van der Waals surface area (Å²) in [5.74, 6) is 11.8. The minimum atomic E-state index is -5.78. The zero-order valence-corrected chi connectivity index (χ0v) is 47.3. The molecular weight excluding hydrogens is 1150 g/mol. The van der Waals surface area contributed by atoms with Crippen molar-refractivity contribution in [3.63, 3.8) is 0 Å². The monoisotopic (exact) mass is 1210 g/mol. The summed E-state index contributed by atoms with van der Waals surface area (Å²) < 4.78 is 124. The van der Waals surface area contributed by atoms with Gasteiger partial charge in [0.05, 0.1) is 76.5 Å². The first-order chi connectivity index (χ1) is 41.6. The first kappa shape index (κ1) is 61.1. The highest BCUT2D eigenvalue weighted by Gasteiger charge is 2.48. The van der Waals surface area contributed by atoms with E-state index in [9.17, 15) is 36.0 Å². The number of benzene rings is 3. The molecule has 27 heteroatoms. The molecule has 0 amide bonds. The summed E-state index contributed by atoms with van der Waals surface area (Å²) in [6.45, 7) is 6.87. The third-order valence-corrected chi connectivity index (χ3v) is 15.0. The Morgan fingerprint density at radius 3 is 1.34 bits per heavy atom. The van der Waals surface area contributed by atoms with Crippen LogP contribution < -0.4 is 35.5 Å². The largest absolute Gasteiger partial charge is 0.534 e. The number of nitrogens with zero attached hydrogens (tertiary/aromatic N) is 6. The highest BCUT2D eigenvalue weighted by atomic mass is 32.2. The van der Waals surface area contributed by atoms with Crippen LogP contribution in [-0.2, 0) is 82.2 Å². The van der Waals surface area contributed by atoms with Gasteiger partial charge in [-0.25, -0.2) is 14.4 Å². The number of ether oxygens (including phenoxy) is 10. The molecule has 0 saturated carbocycles. The molecule has 6 aromatic rings. The third-order valence-electron chi connectivity index (χ3n) is 14.0. The Morgan fingerprint density at radius 1 is 0.570 bits per heavy atom. The number of aromatic nitrogens is 6. The van der Waals surface area contributed by atoms with Crippen molar-refractivity contribution in [1.29, 1.82) is 0 Å². The van der Waals surface area contributed by atoms with E-state index < -0.39 is 27.1 Å². The van der Waals surface area contributed by atoms with Crippen molar-refractivity contribution in [2.24, 2.45) is 0 Å². The third kappa shape index (κ3) is 15.2. The topological polar surface area (TPSA) is 261 Å². The number of halogens is 3. The average molecular weight is 1210 g/mol. The molecule has 3 aromatic carbocycles. The summed E-state index contributed by atoms with van der Waals surface area (Å²) in [6.07, 6.45) is 1.18. The van der Waals surface area contributed by atoms with Gasteiger partial charge in [-0.15, -0.1) is 0 Å². The minimum absolute atomic E-state index is 0.0678. The molecule has 1 N–H and O–H groups in total. The fourth-order valence-electron chi connectivity index (χ4n) is 9.99. The Hall–Kier alpha value is -7.96. The molecule has 6 aliphatic heterocycles. The zero-order valence-electron chi connectivity index (χ0n) is 46.5. The maximum Gasteiger partial charge on any atom is 0.534 e. The number of hydrogen-bond acceptors (Lipinski definition) is 20. The fraction of sp³-hybridized carbons (Fsp3) is 0.424. The highest BCUT2D eigenvalue weighted by molar-refractivity contribution is 7.88. The molecule has 3 fully saturated rings. The van der Waals surface area contributed by atoms with Crippen LogP contribution in [0, 0.1) is 23.7 Å². The van der Waals surface area contributed by atoms with E-state index >= 15 is 0 Å². The van der Waals surface area contributed by atoms with E-state index in [-0.39, 0.29) is 67.6 Å². The predicted octanol–water partition coefficient (Wildman–Crippen LogP) is 3.35. The molecule has 12 rings (SSSR count). The molecule has 3 aromatic heterocycles. The van der Waals surface area contributed by atoms with Crippen LogP contribution in [0.4, 0.5) is 13.2 Å². The molecule has 6 aliphatic rings. The molecule has 0 unspecified atom stereocenters. The Bertz CT molecular complexity index is 3850. The molecule has 3 atom stereocenters. The number of hydrogen-bond donors (Lipinski definition) is 1. The van der Waals surface area contributed by atoms with Gasteiger partial charge in [-0.05, 0) is 78.4 Å². The van der Waals surface area contributed by atoms with Crippen LogP contribution in [0.3, 0.4) is 0 Å². The second-order valence-corrected chi connectivity index (χ2v) is 21.4. The van der Waals surface area contributed by atoms with E-state index in [0.717, 1.165) is 63.7 Å². The van der Waals surface area contributed by atoms with E-state index in [4.69, 9.17) is 52.5 Å². The summed E-state index contributed by atoms with van der Waals surface area (Å²) >= 11 is 0. The van der Waals surface area contributed by atoms with Gasteiger partial charge >= 0.3 is 32.7 Å².